The van der Waals surface area contributed by atoms with Crippen LogP contribution in [0, 0.1) is 5.92 Å². The Morgan fingerprint density at radius 1 is 1.36 bits per heavy atom. The van der Waals surface area contributed by atoms with Crippen molar-refractivity contribution in [1.82, 2.24) is 4.90 Å². The zero-order valence-electron chi connectivity index (χ0n) is 7.46. The Hall–Kier alpha value is -0.0800. The van der Waals surface area contributed by atoms with E-state index in [4.69, 9.17) is 5.73 Å². The summed E-state index contributed by atoms with van der Waals surface area (Å²) in [4.78, 5) is 2.57. The predicted molar refractivity (Wildman–Crippen MR) is 46.3 cm³/mol. The second kappa shape index (κ2) is 2.46. The fourth-order valence-corrected chi connectivity index (χ4v) is 2.68. The number of nitrogens with two attached hydrogens (primary N) is 1. The zero-order valence-corrected chi connectivity index (χ0v) is 7.46. The summed E-state index contributed by atoms with van der Waals surface area (Å²) in [5, 5.41) is 0. The molecule has 2 unspecified atom stereocenters. The van der Waals surface area contributed by atoms with E-state index in [1.807, 2.05) is 0 Å². The van der Waals surface area contributed by atoms with Crippen LogP contribution in [0.2, 0.25) is 0 Å². The standard InChI is InChI=1S/C9H18N2/c1-6(2)11-5-7-3-4-8(11)9(7)10/h6-9H,3-5,10H2,1-2H3/t7?,8?,9-/m1/s1. The molecule has 2 bridgehead atoms. The topological polar surface area (TPSA) is 29.3 Å². The van der Waals surface area contributed by atoms with Crippen LogP contribution in [0.25, 0.3) is 0 Å². The maximum absolute atomic E-state index is 6.07. The average Bonchev–Trinajstić information content (AvgIpc) is 2.46. The molecular formula is C9H18N2. The van der Waals surface area contributed by atoms with Crippen molar-refractivity contribution in [3.63, 3.8) is 0 Å². The van der Waals surface area contributed by atoms with Crippen LogP contribution in [0.5, 0.6) is 0 Å². The summed E-state index contributed by atoms with van der Waals surface area (Å²) < 4.78 is 0. The third kappa shape index (κ3) is 1.00. The molecule has 0 radical (unpaired) electrons. The Kier molecular flexibility index (Phi) is 1.69. The number of fused-ring (bicyclic) bond motifs is 2. The molecule has 1 heterocycles. The number of rotatable bonds is 1. The second-order valence-electron chi connectivity index (χ2n) is 4.27. The van der Waals surface area contributed by atoms with Gasteiger partial charge in [0.1, 0.15) is 0 Å². The molecule has 1 aliphatic heterocycles. The van der Waals surface area contributed by atoms with E-state index in [9.17, 15) is 0 Å². The number of hydrogen-bond donors (Lipinski definition) is 1. The summed E-state index contributed by atoms with van der Waals surface area (Å²) >= 11 is 0. The molecule has 2 heteroatoms. The Morgan fingerprint density at radius 2 is 2.09 bits per heavy atom. The molecule has 2 rings (SSSR count). The van der Waals surface area contributed by atoms with Crippen molar-refractivity contribution in [2.45, 2.75) is 44.8 Å². The molecule has 0 aromatic carbocycles. The van der Waals surface area contributed by atoms with Gasteiger partial charge in [0, 0.05) is 24.7 Å². The van der Waals surface area contributed by atoms with Crippen molar-refractivity contribution in [3.8, 4) is 0 Å². The number of likely N-dealkylation sites (tertiary alicyclic amines) is 1. The van der Waals surface area contributed by atoms with Gasteiger partial charge in [0.2, 0.25) is 0 Å². The van der Waals surface area contributed by atoms with Crippen LogP contribution in [0.4, 0.5) is 0 Å². The second-order valence-corrected chi connectivity index (χ2v) is 4.27. The third-order valence-corrected chi connectivity index (χ3v) is 3.36. The summed E-state index contributed by atoms with van der Waals surface area (Å²) in [6.45, 7) is 5.80. The lowest BCUT2D eigenvalue weighted by atomic mass is 10.1. The Balaban J connectivity index is 2.09. The van der Waals surface area contributed by atoms with Crippen molar-refractivity contribution in [2.75, 3.05) is 6.54 Å². The zero-order chi connectivity index (χ0) is 8.01. The van der Waals surface area contributed by atoms with Gasteiger partial charge in [0.15, 0.2) is 0 Å². The first kappa shape index (κ1) is 7.56. The molecule has 1 saturated carbocycles. The lowest BCUT2D eigenvalue weighted by molar-refractivity contribution is 0.168. The molecular weight excluding hydrogens is 136 g/mol. The highest BCUT2D eigenvalue weighted by molar-refractivity contribution is 5.02. The molecule has 2 N–H and O–H groups in total. The Bertz CT molecular complexity index is 156. The number of nitrogens with zero attached hydrogens (tertiary/aromatic N) is 1. The summed E-state index contributed by atoms with van der Waals surface area (Å²) in [7, 11) is 0. The molecule has 0 amide bonds. The predicted octanol–water partition coefficient (Wildman–Crippen LogP) is 0.816. The molecule has 2 fully saturated rings. The first-order chi connectivity index (χ1) is 5.20. The van der Waals surface area contributed by atoms with Crippen LogP contribution >= 0.6 is 0 Å². The highest BCUT2D eigenvalue weighted by atomic mass is 15.2. The first-order valence-corrected chi connectivity index (χ1v) is 4.71. The number of hydrogen-bond acceptors (Lipinski definition) is 2. The van der Waals surface area contributed by atoms with Gasteiger partial charge in [-0.25, -0.2) is 0 Å². The van der Waals surface area contributed by atoms with Gasteiger partial charge in [0.25, 0.3) is 0 Å². The van der Waals surface area contributed by atoms with Crippen LogP contribution in [0.3, 0.4) is 0 Å². The molecule has 1 aliphatic carbocycles. The van der Waals surface area contributed by atoms with Crippen molar-refractivity contribution < 1.29 is 0 Å². The average molecular weight is 154 g/mol. The third-order valence-electron chi connectivity index (χ3n) is 3.36. The molecule has 1 saturated heterocycles. The summed E-state index contributed by atoms with van der Waals surface area (Å²) in [6, 6.07) is 1.88. The number of piperidine rings is 1. The molecule has 2 nitrogen and oxygen atoms in total. The van der Waals surface area contributed by atoms with Gasteiger partial charge >= 0.3 is 0 Å². The van der Waals surface area contributed by atoms with E-state index in [2.05, 4.69) is 18.7 Å². The van der Waals surface area contributed by atoms with Gasteiger partial charge in [-0.15, -0.1) is 0 Å². The van der Waals surface area contributed by atoms with Gasteiger partial charge in [-0.3, -0.25) is 4.90 Å². The lowest BCUT2D eigenvalue weighted by Gasteiger charge is -2.30. The van der Waals surface area contributed by atoms with Gasteiger partial charge < -0.3 is 5.73 Å². The van der Waals surface area contributed by atoms with E-state index in [0.717, 1.165) is 5.92 Å². The first-order valence-electron chi connectivity index (χ1n) is 4.71. The minimum atomic E-state index is 0.484. The Labute approximate surface area is 68.7 Å². The molecule has 2 aliphatic rings. The van der Waals surface area contributed by atoms with Gasteiger partial charge in [-0.1, -0.05) is 0 Å². The van der Waals surface area contributed by atoms with Gasteiger partial charge in [-0.2, -0.15) is 0 Å². The normalized spacial score (nSPS) is 44.2. The maximum atomic E-state index is 6.07. The summed E-state index contributed by atoms with van der Waals surface area (Å²) in [5.41, 5.74) is 6.07. The van der Waals surface area contributed by atoms with Gasteiger partial charge in [0.05, 0.1) is 0 Å². The van der Waals surface area contributed by atoms with E-state index in [-0.39, 0.29) is 0 Å². The SMILES string of the molecule is CC(C)N1CC2CCC1[C@@H]2N. The molecule has 64 valence electrons. The van der Waals surface area contributed by atoms with Crippen molar-refractivity contribution >= 4 is 0 Å². The maximum Gasteiger partial charge on any atom is 0.0253 e. The smallest absolute Gasteiger partial charge is 0.0253 e. The highest BCUT2D eigenvalue weighted by Crippen LogP contribution is 2.37. The van der Waals surface area contributed by atoms with Crippen molar-refractivity contribution in [2.24, 2.45) is 11.7 Å². The van der Waals surface area contributed by atoms with E-state index in [0.29, 0.717) is 18.1 Å². The Morgan fingerprint density at radius 3 is 2.36 bits per heavy atom. The molecule has 0 aromatic heterocycles. The van der Waals surface area contributed by atoms with E-state index < -0.39 is 0 Å². The lowest BCUT2D eigenvalue weighted by Crippen LogP contribution is -2.41. The monoisotopic (exact) mass is 154 g/mol. The molecule has 11 heavy (non-hydrogen) atoms. The van der Waals surface area contributed by atoms with E-state index >= 15 is 0 Å². The van der Waals surface area contributed by atoms with Gasteiger partial charge in [-0.05, 0) is 32.6 Å². The largest absolute Gasteiger partial charge is 0.326 e. The minimum absolute atomic E-state index is 0.484. The highest BCUT2D eigenvalue weighted by Gasteiger charge is 2.45. The molecule has 0 spiro atoms. The van der Waals surface area contributed by atoms with E-state index in [1.165, 1.54) is 19.4 Å². The van der Waals surface area contributed by atoms with Crippen LogP contribution in [0.15, 0.2) is 0 Å². The van der Waals surface area contributed by atoms with Crippen molar-refractivity contribution in [1.29, 1.82) is 0 Å². The van der Waals surface area contributed by atoms with Crippen LogP contribution < -0.4 is 5.73 Å². The fraction of sp³-hybridized carbons (Fsp3) is 1.00. The quantitative estimate of drug-likeness (QED) is 0.606. The minimum Gasteiger partial charge on any atom is -0.326 e. The van der Waals surface area contributed by atoms with Crippen LogP contribution in [0.1, 0.15) is 26.7 Å². The molecule has 0 aromatic rings. The van der Waals surface area contributed by atoms with E-state index in [1.54, 1.807) is 0 Å². The molecule has 3 atom stereocenters. The van der Waals surface area contributed by atoms with Crippen LogP contribution in [-0.4, -0.2) is 29.6 Å². The fourth-order valence-electron chi connectivity index (χ4n) is 2.68. The van der Waals surface area contributed by atoms with Crippen LogP contribution in [-0.2, 0) is 0 Å². The van der Waals surface area contributed by atoms with Crippen molar-refractivity contribution in [3.05, 3.63) is 0 Å². The summed E-state index contributed by atoms with van der Waals surface area (Å²) in [6.07, 6.45) is 2.71. The summed E-state index contributed by atoms with van der Waals surface area (Å²) in [5.74, 6) is 0.808.